The van der Waals surface area contributed by atoms with Crippen molar-refractivity contribution in [3.05, 3.63) is 71.7 Å². The SMILES string of the molecule is O=C(Nc1ccc(F)c(C(F)(F)F)c1)c1cc(-c2ccccc2)n[nH]1. The van der Waals surface area contributed by atoms with Gasteiger partial charge in [-0.2, -0.15) is 18.3 Å². The third kappa shape index (κ3) is 3.68. The second kappa shape index (κ2) is 6.39. The van der Waals surface area contributed by atoms with Gasteiger partial charge in [0, 0.05) is 11.3 Å². The van der Waals surface area contributed by atoms with Crippen molar-refractivity contribution in [3.63, 3.8) is 0 Å². The molecule has 0 saturated heterocycles. The Bertz CT molecular complexity index is 904. The van der Waals surface area contributed by atoms with E-state index in [1.54, 1.807) is 24.3 Å². The van der Waals surface area contributed by atoms with E-state index in [9.17, 15) is 22.4 Å². The molecule has 0 spiro atoms. The number of nitrogens with zero attached hydrogens (tertiary/aromatic N) is 1. The maximum atomic E-state index is 13.3. The van der Waals surface area contributed by atoms with Gasteiger partial charge in [0.05, 0.1) is 11.3 Å². The van der Waals surface area contributed by atoms with E-state index < -0.39 is 23.5 Å². The van der Waals surface area contributed by atoms with E-state index in [0.717, 1.165) is 11.6 Å². The number of anilines is 1. The van der Waals surface area contributed by atoms with E-state index in [1.165, 1.54) is 6.07 Å². The highest BCUT2D eigenvalue weighted by Gasteiger charge is 2.34. The van der Waals surface area contributed by atoms with Crippen molar-refractivity contribution in [2.45, 2.75) is 6.18 Å². The zero-order valence-electron chi connectivity index (χ0n) is 12.6. The van der Waals surface area contributed by atoms with E-state index in [0.29, 0.717) is 17.8 Å². The van der Waals surface area contributed by atoms with Gasteiger partial charge in [-0.25, -0.2) is 4.39 Å². The Morgan fingerprint density at radius 3 is 2.44 bits per heavy atom. The zero-order chi connectivity index (χ0) is 18.0. The smallest absolute Gasteiger partial charge is 0.321 e. The predicted octanol–water partition coefficient (Wildman–Crippen LogP) is 4.49. The molecule has 0 radical (unpaired) electrons. The fourth-order valence-corrected chi connectivity index (χ4v) is 2.21. The van der Waals surface area contributed by atoms with Crippen LogP contribution in [0, 0.1) is 5.82 Å². The Kier molecular flexibility index (Phi) is 4.26. The second-order valence-corrected chi connectivity index (χ2v) is 5.18. The summed E-state index contributed by atoms with van der Waals surface area (Å²) in [6.45, 7) is 0. The molecule has 3 rings (SSSR count). The molecule has 3 aromatic rings. The number of halogens is 4. The molecule has 2 aromatic carbocycles. The summed E-state index contributed by atoms with van der Waals surface area (Å²) in [4.78, 5) is 12.1. The van der Waals surface area contributed by atoms with Gasteiger partial charge in [-0.05, 0) is 24.3 Å². The molecule has 0 fully saturated rings. The summed E-state index contributed by atoms with van der Waals surface area (Å²) in [7, 11) is 0. The fourth-order valence-electron chi connectivity index (χ4n) is 2.21. The van der Waals surface area contributed by atoms with Gasteiger partial charge in [-0.1, -0.05) is 30.3 Å². The highest BCUT2D eigenvalue weighted by atomic mass is 19.4. The van der Waals surface area contributed by atoms with Crippen LogP contribution >= 0.6 is 0 Å². The number of hydrogen-bond acceptors (Lipinski definition) is 2. The number of alkyl halides is 3. The number of aromatic amines is 1. The molecular weight excluding hydrogens is 338 g/mol. The lowest BCUT2D eigenvalue weighted by atomic mass is 10.1. The van der Waals surface area contributed by atoms with Crippen LogP contribution in [0.15, 0.2) is 54.6 Å². The molecule has 0 unspecified atom stereocenters. The largest absolute Gasteiger partial charge is 0.419 e. The van der Waals surface area contributed by atoms with Crippen LogP contribution in [0.3, 0.4) is 0 Å². The highest BCUT2D eigenvalue weighted by molar-refractivity contribution is 6.03. The van der Waals surface area contributed by atoms with Gasteiger partial charge < -0.3 is 5.32 Å². The van der Waals surface area contributed by atoms with Gasteiger partial charge in [-0.15, -0.1) is 0 Å². The van der Waals surface area contributed by atoms with Gasteiger partial charge in [0.1, 0.15) is 11.5 Å². The molecule has 0 saturated carbocycles. The Hall–Kier alpha value is -3.16. The first-order chi connectivity index (χ1) is 11.8. The zero-order valence-corrected chi connectivity index (χ0v) is 12.6. The maximum absolute atomic E-state index is 13.3. The molecule has 2 N–H and O–H groups in total. The topological polar surface area (TPSA) is 57.8 Å². The van der Waals surface area contributed by atoms with Crippen LogP contribution in [-0.4, -0.2) is 16.1 Å². The van der Waals surface area contributed by atoms with E-state index in [1.807, 2.05) is 6.07 Å². The van der Waals surface area contributed by atoms with Crippen molar-refractivity contribution in [1.29, 1.82) is 0 Å². The molecule has 0 aliphatic rings. The van der Waals surface area contributed by atoms with Crippen molar-refractivity contribution in [2.75, 3.05) is 5.32 Å². The molecule has 0 atom stereocenters. The summed E-state index contributed by atoms with van der Waals surface area (Å²) in [6, 6.07) is 12.8. The second-order valence-electron chi connectivity index (χ2n) is 5.18. The summed E-state index contributed by atoms with van der Waals surface area (Å²) in [5, 5.41) is 8.80. The van der Waals surface area contributed by atoms with Crippen molar-refractivity contribution in [3.8, 4) is 11.3 Å². The van der Waals surface area contributed by atoms with Crippen LogP contribution in [0.25, 0.3) is 11.3 Å². The minimum atomic E-state index is -4.85. The third-order valence-electron chi connectivity index (χ3n) is 3.42. The lowest BCUT2D eigenvalue weighted by molar-refractivity contribution is -0.139. The number of aromatic nitrogens is 2. The lowest BCUT2D eigenvalue weighted by Crippen LogP contribution is -2.14. The average Bonchev–Trinajstić information content (AvgIpc) is 3.06. The molecule has 1 amide bonds. The van der Waals surface area contributed by atoms with Crippen LogP contribution in [-0.2, 0) is 6.18 Å². The Morgan fingerprint density at radius 1 is 1.04 bits per heavy atom. The molecular formula is C17H11F4N3O. The minimum Gasteiger partial charge on any atom is -0.321 e. The molecule has 25 heavy (non-hydrogen) atoms. The van der Waals surface area contributed by atoms with Gasteiger partial charge in [0.15, 0.2) is 0 Å². The first kappa shape index (κ1) is 16.7. The average molecular weight is 349 g/mol. The molecule has 8 heteroatoms. The van der Waals surface area contributed by atoms with Crippen molar-refractivity contribution >= 4 is 11.6 Å². The predicted molar refractivity (Wildman–Crippen MR) is 83.4 cm³/mol. The van der Waals surface area contributed by atoms with Gasteiger partial charge in [0.2, 0.25) is 0 Å². The first-order valence-electron chi connectivity index (χ1n) is 7.13. The minimum absolute atomic E-state index is 0.0664. The van der Waals surface area contributed by atoms with E-state index in [4.69, 9.17) is 0 Å². The van der Waals surface area contributed by atoms with E-state index >= 15 is 0 Å². The van der Waals surface area contributed by atoms with Crippen molar-refractivity contribution < 1.29 is 22.4 Å². The Labute approximate surface area is 139 Å². The van der Waals surface area contributed by atoms with Crippen LogP contribution in [0.5, 0.6) is 0 Å². The number of H-pyrrole nitrogens is 1. The van der Waals surface area contributed by atoms with Crippen molar-refractivity contribution in [2.24, 2.45) is 0 Å². The number of carbonyl (C=O) groups excluding carboxylic acids is 1. The van der Waals surface area contributed by atoms with E-state index in [2.05, 4.69) is 15.5 Å². The molecule has 0 aliphatic carbocycles. The van der Waals surface area contributed by atoms with Crippen LogP contribution in [0.1, 0.15) is 16.1 Å². The monoisotopic (exact) mass is 349 g/mol. The Morgan fingerprint density at radius 2 is 1.76 bits per heavy atom. The van der Waals surface area contributed by atoms with Crippen LogP contribution in [0.4, 0.5) is 23.2 Å². The molecule has 0 aliphatic heterocycles. The molecule has 128 valence electrons. The lowest BCUT2D eigenvalue weighted by Gasteiger charge is -2.10. The molecule has 0 bridgehead atoms. The highest BCUT2D eigenvalue weighted by Crippen LogP contribution is 2.33. The number of rotatable bonds is 3. The third-order valence-corrected chi connectivity index (χ3v) is 3.42. The standard InChI is InChI=1S/C17H11F4N3O/c18-13-7-6-11(8-12(13)17(19,20)21)22-16(25)15-9-14(23-24-15)10-4-2-1-3-5-10/h1-9H,(H,22,25)(H,23,24). The maximum Gasteiger partial charge on any atom is 0.419 e. The van der Waals surface area contributed by atoms with Crippen molar-refractivity contribution in [1.82, 2.24) is 10.2 Å². The summed E-state index contributed by atoms with van der Waals surface area (Å²) in [6.07, 6.45) is -4.85. The molecule has 1 aromatic heterocycles. The molecule has 1 heterocycles. The summed E-state index contributed by atoms with van der Waals surface area (Å²) in [5.74, 6) is -2.09. The first-order valence-corrected chi connectivity index (χ1v) is 7.13. The van der Waals surface area contributed by atoms with Gasteiger partial charge in [-0.3, -0.25) is 9.89 Å². The van der Waals surface area contributed by atoms with Gasteiger partial charge in [0.25, 0.3) is 5.91 Å². The Balaban J connectivity index is 1.81. The summed E-state index contributed by atoms with van der Waals surface area (Å²) in [5.41, 5.74) is -0.258. The van der Waals surface area contributed by atoms with Crippen LogP contribution in [0.2, 0.25) is 0 Å². The molecule has 4 nitrogen and oxygen atoms in total. The van der Waals surface area contributed by atoms with Crippen LogP contribution < -0.4 is 5.32 Å². The summed E-state index contributed by atoms with van der Waals surface area (Å²) < 4.78 is 51.4. The number of hydrogen-bond donors (Lipinski definition) is 2. The van der Waals surface area contributed by atoms with E-state index in [-0.39, 0.29) is 11.4 Å². The number of benzene rings is 2. The number of amides is 1. The number of nitrogens with one attached hydrogen (secondary N) is 2. The quantitative estimate of drug-likeness (QED) is 0.685. The summed E-state index contributed by atoms with van der Waals surface area (Å²) >= 11 is 0. The number of carbonyl (C=O) groups is 1. The fraction of sp³-hybridized carbons (Fsp3) is 0.0588. The normalized spacial score (nSPS) is 11.4. The van der Waals surface area contributed by atoms with Gasteiger partial charge >= 0.3 is 6.18 Å².